The van der Waals surface area contributed by atoms with Crippen LogP contribution < -0.4 is 10.6 Å². The Morgan fingerprint density at radius 2 is 1.83 bits per heavy atom. The van der Waals surface area contributed by atoms with E-state index in [2.05, 4.69) is 21.9 Å². The molecule has 0 radical (unpaired) electrons. The summed E-state index contributed by atoms with van der Waals surface area (Å²) in [6, 6.07) is 6.06. The van der Waals surface area contributed by atoms with Crippen LogP contribution in [0.1, 0.15) is 11.1 Å². The number of pyridine rings is 2. The van der Waals surface area contributed by atoms with Gasteiger partial charge in [-0.05, 0) is 35.7 Å². The second-order valence-electron chi connectivity index (χ2n) is 4.24. The van der Waals surface area contributed by atoms with E-state index in [1.54, 1.807) is 6.20 Å². The monoisotopic (exact) mass is 242 g/mol. The van der Waals surface area contributed by atoms with Gasteiger partial charge in [-0.25, -0.2) is 0 Å². The summed E-state index contributed by atoms with van der Waals surface area (Å²) in [6.45, 7) is 1.47. The number of anilines is 1. The molecule has 0 aliphatic rings. The zero-order chi connectivity index (χ0) is 12.8. The molecule has 0 saturated heterocycles. The Hall–Kier alpha value is -1.94. The van der Waals surface area contributed by atoms with Crippen LogP contribution in [0.2, 0.25) is 0 Å². The van der Waals surface area contributed by atoms with Crippen LogP contribution in [0.15, 0.2) is 43.0 Å². The molecule has 0 spiro atoms. The summed E-state index contributed by atoms with van der Waals surface area (Å²) in [7, 11) is 2.07. The molecule has 18 heavy (non-hydrogen) atoms. The number of hydrogen-bond acceptors (Lipinski definition) is 4. The van der Waals surface area contributed by atoms with Crippen molar-refractivity contribution in [1.29, 1.82) is 0 Å². The highest BCUT2D eigenvalue weighted by Crippen LogP contribution is 2.17. The van der Waals surface area contributed by atoms with Crippen molar-refractivity contribution in [2.75, 3.05) is 18.5 Å². The number of nitrogens with zero attached hydrogens (tertiary/aromatic N) is 3. The molecule has 0 amide bonds. The highest BCUT2D eigenvalue weighted by molar-refractivity contribution is 5.51. The molecule has 2 aromatic heterocycles. The van der Waals surface area contributed by atoms with Gasteiger partial charge in [0.15, 0.2) is 0 Å². The first-order chi connectivity index (χ1) is 8.81. The lowest BCUT2D eigenvalue weighted by Gasteiger charge is -2.21. The van der Waals surface area contributed by atoms with Gasteiger partial charge in [-0.2, -0.15) is 0 Å². The number of hydrogen-bond donors (Lipinski definition) is 1. The molecule has 0 fully saturated rings. The van der Waals surface area contributed by atoms with Crippen molar-refractivity contribution in [2.24, 2.45) is 5.73 Å². The average molecular weight is 242 g/mol. The van der Waals surface area contributed by atoms with E-state index in [0.29, 0.717) is 6.54 Å². The van der Waals surface area contributed by atoms with Crippen LogP contribution >= 0.6 is 0 Å². The van der Waals surface area contributed by atoms with Gasteiger partial charge in [-0.1, -0.05) is 0 Å². The third kappa shape index (κ3) is 3.05. The molecule has 2 aromatic rings. The van der Waals surface area contributed by atoms with Gasteiger partial charge in [0.2, 0.25) is 0 Å². The second-order valence-corrected chi connectivity index (χ2v) is 4.24. The Balaban J connectivity index is 2.01. The fraction of sp³-hybridized carbons (Fsp3) is 0.286. The van der Waals surface area contributed by atoms with Crippen molar-refractivity contribution < 1.29 is 0 Å². The summed E-state index contributed by atoms with van der Waals surface area (Å²) in [5, 5.41) is 0. The van der Waals surface area contributed by atoms with E-state index in [-0.39, 0.29) is 0 Å². The zero-order valence-electron chi connectivity index (χ0n) is 10.6. The van der Waals surface area contributed by atoms with E-state index in [9.17, 15) is 0 Å². The molecule has 0 bridgehead atoms. The van der Waals surface area contributed by atoms with Crippen LogP contribution in [-0.4, -0.2) is 23.6 Å². The van der Waals surface area contributed by atoms with Crippen molar-refractivity contribution in [3.8, 4) is 0 Å². The quantitative estimate of drug-likeness (QED) is 0.865. The van der Waals surface area contributed by atoms with Crippen molar-refractivity contribution in [3.05, 3.63) is 54.1 Å². The maximum atomic E-state index is 5.73. The van der Waals surface area contributed by atoms with E-state index < -0.39 is 0 Å². The standard InChI is InChI=1S/C14H18N4/c1-18(9-5-12-2-6-16-7-3-12)14-11-17-8-4-13(14)10-15/h2-4,6-8,11H,5,9-10,15H2,1H3. The van der Waals surface area contributed by atoms with Crippen LogP contribution in [0.5, 0.6) is 0 Å². The van der Waals surface area contributed by atoms with Crippen molar-refractivity contribution >= 4 is 5.69 Å². The maximum Gasteiger partial charge on any atom is 0.0595 e. The van der Waals surface area contributed by atoms with Crippen molar-refractivity contribution in [3.63, 3.8) is 0 Å². The molecule has 0 aliphatic heterocycles. The molecule has 0 aromatic carbocycles. The molecule has 2 rings (SSSR count). The van der Waals surface area contributed by atoms with E-state index in [0.717, 1.165) is 24.2 Å². The van der Waals surface area contributed by atoms with Gasteiger partial charge in [0.25, 0.3) is 0 Å². The number of likely N-dealkylation sites (N-methyl/N-ethyl adjacent to an activating group) is 1. The zero-order valence-corrected chi connectivity index (χ0v) is 10.6. The maximum absolute atomic E-state index is 5.73. The SMILES string of the molecule is CN(CCc1ccncc1)c1cnccc1CN. The predicted octanol–water partition coefficient (Wildman–Crippen LogP) is 1.61. The lowest BCUT2D eigenvalue weighted by Crippen LogP contribution is -2.22. The van der Waals surface area contributed by atoms with Gasteiger partial charge in [-0.3, -0.25) is 9.97 Å². The lowest BCUT2D eigenvalue weighted by atomic mass is 10.1. The van der Waals surface area contributed by atoms with Crippen LogP contribution in [0.4, 0.5) is 5.69 Å². The first-order valence-corrected chi connectivity index (χ1v) is 6.04. The van der Waals surface area contributed by atoms with E-state index in [4.69, 9.17) is 5.73 Å². The molecular weight excluding hydrogens is 224 g/mol. The fourth-order valence-corrected chi connectivity index (χ4v) is 1.90. The lowest BCUT2D eigenvalue weighted by molar-refractivity contribution is 0.860. The molecule has 0 aliphatic carbocycles. The second kappa shape index (κ2) is 6.12. The number of rotatable bonds is 5. The topological polar surface area (TPSA) is 55.0 Å². The summed E-state index contributed by atoms with van der Waals surface area (Å²) in [5.41, 5.74) is 9.25. The highest BCUT2D eigenvalue weighted by Gasteiger charge is 2.06. The molecule has 0 saturated carbocycles. The minimum Gasteiger partial charge on any atom is -0.373 e. The summed E-state index contributed by atoms with van der Waals surface area (Å²) in [4.78, 5) is 10.4. The summed E-state index contributed by atoms with van der Waals surface area (Å²) in [6.07, 6.45) is 8.28. The Morgan fingerprint density at radius 3 is 2.56 bits per heavy atom. The van der Waals surface area contributed by atoms with Crippen LogP contribution in [-0.2, 0) is 13.0 Å². The van der Waals surface area contributed by atoms with Crippen molar-refractivity contribution in [1.82, 2.24) is 9.97 Å². The predicted molar refractivity (Wildman–Crippen MR) is 73.3 cm³/mol. The Bertz CT molecular complexity index is 484. The molecular formula is C14H18N4. The average Bonchev–Trinajstić information content (AvgIpc) is 2.45. The van der Waals surface area contributed by atoms with Gasteiger partial charge >= 0.3 is 0 Å². The molecule has 2 heterocycles. The normalized spacial score (nSPS) is 10.3. The highest BCUT2D eigenvalue weighted by atomic mass is 15.1. The summed E-state index contributed by atoms with van der Waals surface area (Å²) < 4.78 is 0. The van der Waals surface area contributed by atoms with Crippen LogP contribution in [0.25, 0.3) is 0 Å². The molecule has 0 atom stereocenters. The van der Waals surface area contributed by atoms with E-state index in [1.807, 2.05) is 36.8 Å². The van der Waals surface area contributed by atoms with Gasteiger partial charge in [0, 0.05) is 38.7 Å². The molecule has 94 valence electrons. The third-order valence-electron chi connectivity index (χ3n) is 3.00. The Labute approximate surface area is 107 Å². The smallest absolute Gasteiger partial charge is 0.0595 e. The van der Waals surface area contributed by atoms with E-state index >= 15 is 0 Å². The molecule has 0 unspecified atom stereocenters. The van der Waals surface area contributed by atoms with Gasteiger partial charge in [0.05, 0.1) is 11.9 Å². The van der Waals surface area contributed by atoms with Gasteiger partial charge in [-0.15, -0.1) is 0 Å². The van der Waals surface area contributed by atoms with Crippen LogP contribution in [0.3, 0.4) is 0 Å². The largest absolute Gasteiger partial charge is 0.373 e. The summed E-state index contributed by atoms with van der Waals surface area (Å²) in [5.74, 6) is 0. The molecule has 2 N–H and O–H groups in total. The number of nitrogens with two attached hydrogens (primary N) is 1. The minimum absolute atomic E-state index is 0.539. The minimum atomic E-state index is 0.539. The first-order valence-electron chi connectivity index (χ1n) is 6.04. The summed E-state index contributed by atoms with van der Waals surface area (Å²) >= 11 is 0. The fourth-order valence-electron chi connectivity index (χ4n) is 1.90. The van der Waals surface area contributed by atoms with E-state index in [1.165, 1.54) is 5.56 Å². The van der Waals surface area contributed by atoms with Crippen molar-refractivity contribution in [2.45, 2.75) is 13.0 Å². The molecule has 4 heteroatoms. The Kier molecular flexibility index (Phi) is 4.25. The Morgan fingerprint density at radius 1 is 1.11 bits per heavy atom. The molecule has 4 nitrogen and oxygen atoms in total. The number of aromatic nitrogens is 2. The third-order valence-corrected chi connectivity index (χ3v) is 3.00. The van der Waals surface area contributed by atoms with Crippen LogP contribution in [0, 0.1) is 0 Å². The first kappa shape index (κ1) is 12.5. The van der Waals surface area contributed by atoms with Gasteiger partial charge < -0.3 is 10.6 Å². The van der Waals surface area contributed by atoms with Gasteiger partial charge in [0.1, 0.15) is 0 Å².